The predicted octanol–water partition coefficient (Wildman–Crippen LogP) is 2.35. The molecule has 1 aromatic heterocycles. The van der Waals surface area contributed by atoms with E-state index in [-0.39, 0.29) is 5.75 Å². The van der Waals surface area contributed by atoms with Crippen molar-refractivity contribution in [3.8, 4) is 5.75 Å². The van der Waals surface area contributed by atoms with Crippen LogP contribution in [-0.2, 0) is 0 Å². The minimum Gasteiger partial charge on any atom is -0.491 e. The van der Waals surface area contributed by atoms with Gasteiger partial charge in [0.15, 0.2) is 11.6 Å². The lowest BCUT2D eigenvalue weighted by atomic mass is 10.3. The molecule has 0 radical (unpaired) electrons. The third-order valence-electron chi connectivity index (χ3n) is 2.49. The van der Waals surface area contributed by atoms with E-state index in [0.717, 1.165) is 5.69 Å². The van der Waals surface area contributed by atoms with Crippen molar-refractivity contribution >= 4 is 17.5 Å². The number of aryl methyl sites for hydroxylation is 1. The van der Waals surface area contributed by atoms with Crippen molar-refractivity contribution in [3.63, 3.8) is 0 Å². The van der Waals surface area contributed by atoms with E-state index >= 15 is 0 Å². The molecule has 6 nitrogen and oxygen atoms in total. The predicted molar refractivity (Wildman–Crippen MR) is 75.4 cm³/mol. The van der Waals surface area contributed by atoms with Gasteiger partial charge in [-0.3, -0.25) is 5.43 Å². The Morgan fingerprint density at radius 2 is 2.10 bits per heavy atom. The monoisotopic (exact) mass is 277 g/mol. The maximum Gasteiger partial charge on any atom is 0.239 e. The number of halogens is 1. The van der Waals surface area contributed by atoms with Crippen LogP contribution in [0.2, 0.25) is 0 Å². The molecule has 0 atom stereocenters. The SMILES string of the molecule is CCOc1ccc(Nc2cc(C)nc(NN)n2)cc1F. The van der Waals surface area contributed by atoms with E-state index in [9.17, 15) is 4.39 Å². The summed E-state index contributed by atoms with van der Waals surface area (Å²) in [5.74, 6) is 5.88. The number of rotatable bonds is 5. The Balaban J connectivity index is 2.21. The second-order valence-electron chi connectivity index (χ2n) is 4.07. The largest absolute Gasteiger partial charge is 0.491 e. The lowest BCUT2D eigenvalue weighted by Gasteiger charge is -2.10. The molecule has 0 saturated carbocycles. The Morgan fingerprint density at radius 1 is 1.30 bits per heavy atom. The molecule has 1 aromatic carbocycles. The summed E-state index contributed by atoms with van der Waals surface area (Å²) < 4.78 is 18.9. The summed E-state index contributed by atoms with van der Waals surface area (Å²) in [7, 11) is 0. The normalized spacial score (nSPS) is 10.2. The van der Waals surface area contributed by atoms with Crippen LogP contribution < -0.4 is 21.3 Å². The lowest BCUT2D eigenvalue weighted by Crippen LogP contribution is -2.11. The highest BCUT2D eigenvalue weighted by molar-refractivity contribution is 5.58. The van der Waals surface area contributed by atoms with Crippen molar-refractivity contribution in [1.29, 1.82) is 0 Å². The standard InChI is InChI=1S/C13H16FN5O/c1-3-20-11-5-4-9(7-10(11)14)17-12-6-8(2)16-13(18-12)19-15/h4-7H,3,15H2,1-2H3,(H2,16,17,18,19). The van der Waals surface area contributed by atoms with Gasteiger partial charge >= 0.3 is 0 Å². The van der Waals surface area contributed by atoms with Gasteiger partial charge in [-0.2, -0.15) is 4.98 Å². The Hall–Kier alpha value is -2.41. The van der Waals surface area contributed by atoms with Crippen LogP contribution in [0.25, 0.3) is 0 Å². The average Bonchev–Trinajstić information content (AvgIpc) is 2.41. The van der Waals surface area contributed by atoms with Gasteiger partial charge in [0, 0.05) is 23.5 Å². The molecular weight excluding hydrogens is 261 g/mol. The summed E-state index contributed by atoms with van der Waals surface area (Å²) in [5, 5.41) is 2.99. The molecule has 0 unspecified atom stereocenters. The van der Waals surface area contributed by atoms with E-state index in [0.29, 0.717) is 24.1 Å². The van der Waals surface area contributed by atoms with Gasteiger partial charge < -0.3 is 10.1 Å². The van der Waals surface area contributed by atoms with Gasteiger partial charge in [0.1, 0.15) is 5.82 Å². The number of nitrogens with one attached hydrogen (secondary N) is 2. The van der Waals surface area contributed by atoms with Crippen molar-refractivity contribution < 1.29 is 9.13 Å². The smallest absolute Gasteiger partial charge is 0.239 e. The number of nitrogens with zero attached hydrogens (tertiary/aromatic N) is 2. The van der Waals surface area contributed by atoms with Crippen LogP contribution in [0.4, 0.5) is 21.8 Å². The molecule has 0 fully saturated rings. The molecule has 0 aliphatic carbocycles. The number of benzene rings is 1. The molecule has 0 spiro atoms. The van der Waals surface area contributed by atoms with Crippen LogP contribution in [0, 0.1) is 12.7 Å². The highest BCUT2D eigenvalue weighted by atomic mass is 19.1. The van der Waals surface area contributed by atoms with Crippen molar-refractivity contribution in [3.05, 3.63) is 35.8 Å². The van der Waals surface area contributed by atoms with Gasteiger partial charge in [-0.15, -0.1) is 0 Å². The molecule has 0 aliphatic heterocycles. The van der Waals surface area contributed by atoms with Crippen molar-refractivity contribution in [2.24, 2.45) is 5.84 Å². The van der Waals surface area contributed by atoms with Gasteiger partial charge in [-0.25, -0.2) is 15.2 Å². The summed E-state index contributed by atoms with van der Waals surface area (Å²) in [5.41, 5.74) is 3.67. The fourth-order valence-electron chi connectivity index (χ4n) is 1.70. The Morgan fingerprint density at radius 3 is 2.75 bits per heavy atom. The average molecular weight is 277 g/mol. The first-order chi connectivity index (χ1) is 9.62. The van der Waals surface area contributed by atoms with Crippen LogP contribution in [0.1, 0.15) is 12.6 Å². The zero-order valence-corrected chi connectivity index (χ0v) is 11.3. The minimum absolute atomic E-state index is 0.223. The lowest BCUT2D eigenvalue weighted by molar-refractivity contribution is 0.321. The maximum absolute atomic E-state index is 13.7. The van der Waals surface area contributed by atoms with E-state index < -0.39 is 5.82 Å². The molecule has 20 heavy (non-hydrogen) atoms. The highest BCUT2D eigenvalue weighted by Crippen LogP contribution is 2.23. The second-order valence-corrected chi connectivity index (χ2v) is 4.07. The zero-order valence-electron chi connectivity index (χ0n) is 11.3. The Labute approximate surface area is 116 Å². The Kier molecular flexibility index (Phi) is 4.31. The van der Waals surface area contributed by atoms with Gasteiger partial charge in [0.2, 0.25) is 5.95 Å². The molecule has 4 N–H and O–H groups in total. The van der Waals surface area contributed by atoms with E-state index in [1.807, 2.05) is 6.92 Å². The number of hydrogen-bond acceptors (Lipinski definition) is 6. The molecule has 1 heterocycles. The number of anilines is 3. The summed E-state index contributed by atoms with van der Waals surface area (Å²) in [6.45, 7) is 4.03. The third kappa shape index (κ3) is 3.33. The van der Waals surface area contributed by atoms with Crippen molar-refractivity contribution in [2.75, 3.05) is 17.3 Å². The molecular formula is C13H16FN5O. The molecule has 0 aliphatic rings. The molecule has 0 bridgehead atoms. The number of hydrogen-bond donors (Lipinski definition) is 3. The Bertz CT molecular complexity index is 605. The first kappa shape index (κ1) is 14.0. The summed E-state index contributed by atoms with van der Waals surface area (Å²) in [6.07, 6.45) is 0. The molecule has 2 aromatic rings. The second kappa shape index (κ2) is 6.16. The first-order valence-electron chi connectivity index (χ1n) is 6.14. The number of hydrazine groups is 1. The maximum atomic E-state index is 13.7. The van der Waals surface area contributed by atoms with Gasteiger partial charge in [0.25, 0.3) is 0 Å². The van der Waals surface area contributed by atoms with Crippen LogP contribution in [0.5, 0.6) is 5.75 Å². The number of ether oxygens (including phenoxy) is 1. The molecule has 0 amide bonds. The molecule has 106 valence electrons. The summed E-state index contributed by atoms with van der Waals surface area (Å²) >= 11 is 0. The molecule has 2 rings (SSSR count). The van der Waals surface area contributed by atoms with Gasteiger partial charge in [-0.1, -0.05) is 0 Å². The molecule has 7 heteroatoms. The fraction of sp³-hybridized carbons (Fsp3) is 0.231. The van der Waals surface area contributed by atoms with Gasteiger partial charge in [0.05, 0.1) is 6.61 Å². The minimum atomic E-state index is -0.431. The first-order valence-corrected chi connectivity index (χ1v) is 6.14. The van der Waals surface area contributed by atoms with E-state index in [1.54, 1.807) is 25.1 Å². The van der Waals surface area contributed by atoms with E-state index in [1.165, 1.54) is 6.07 Å². The fourth-order valence-corrected chi connectivity index (χ4v) is 1.70. The number of nitrogen functional groups attached to an aromatic ring is 1. The van der Waals surface area contributed by atoms with E-state index in [4.69, 9.17) is 10.6 Å². The van der Waals surface area contributed by atoms with Crippen LogP contribution in [0.3, 0.4) is 0 Å². The van der Waals surface area contributed by atoms with E-state index in [2.05, 4.69) is 20.7 Å². The van der Waals surface area contributed by atoms with Gasteiger partial charge in [-0.05, 0) is 26.0 Å². The summed E-state index contributed by atoms with van der Waals surface area (Å²) in [4.78, 5) is 8.19. The zero-order chi connectivity index (χ0) is 14.5. The summed E-state index contributed by atoms with van der Waals surface area (Å²) in [6, 6.07) is 6.35. The van der Waals surface area contributed by atoms with Crippen LogP contribution in [-0.4, -0.2) is 16.6 Å². The van der Waals surface area contributed by atoms with Crippen LogP contribution >= 0.6 is 0 Å². The van der Waals surface area contributed by atoms with Crippen molar-refractivity contribution in [1.82, 2.24) is 9.97 Å². The molecule has 0 saturated heterocycles. The highest BCUT2D eigenvalue weighted by Gasteiger charge is 2.06. The third-order valence-corrected chi connectivity index (χ3v) is 2.49. The number of nitrogens with two attached hydrogens (primary N) is 1. The number of aromatic nitrogens is 2. The topological polar surface area (TPSA) is 85.1 Å². The van der Waals surface area contributed by atoms with Crippen molar-refractivity contribution in [2.45, 2.75) is 13.8 Å². The quantitative estimate of drug-likeness (QED) is 0.574. The van der Waals surface area contributed by atoms with Crippen LogP contribution in [0.15, 0.2) is 24.3 Å².